The molecule has 7 heteroatoms. The van der Waals surface area contributed by atoms with E-state index in [1.807, 2.05) is 0 Å². The van der Waals surface area contributed by atoms with Crippen LogP contribution < -0.4 is 10.1 Å². The molecule has 0 atom stereocenters. The summed E-state index contributed by atoms with van der Waals surface area (Å²) in [5, 5.41) is 8.19. The van der Waals surface area contributed by atoms with Crippen molar-refractivity contribution in [3.05, 3.63) is 59.9 Å². The first-order valence-electron chi connectivity index (χ1n) is 8.13. The van der Waals surface area contributed by atoms with E-state index in [4.69, 9.17) is 4.74 Å². The topological polar surface area (TPSA) is 71.0 Å². The number of carbonyl (C=O) groups excluding carboxylic acids is 2. The highest BCUT2D eigenvalue weighted by Gasteiger charge is 2.24. The van der Waals surface area contributed by atoms with Gasteiger partial charge in [-0.1, -0.05) is 12.1 Å². The molecule has 6 nitrogen and oxygen atoms in total. The Bertz CT molecular complexity index is 832. The molecule has 3 rings (SSSR count). The van der Waals surface area contributed by atoms with E-state index in [9.17, 15) is 14.0 Å². The number of amides is 2. The molecule has 2 aromatic carbocycles. The normalized spacial score (nSPS) is 14.0. The van der Waals surface area contributed by atoms with Gasteiger partial charge >= 0.3 is 0 Å². The first-order valence-corrected chi connectivity index (χ1v) is 8.13. The van der Waals surface area contributed by atoms with E-state index < -0.39 is 0 Å². The summed E-state index contributed by atoms with van der Waals surface area (Å²) in [6.45, 7) is 0.193. The molecule has 1 aliphatic rings. The van der Waals surface area contributed by atoms with Crippen molar-refractivity contribution in [2.45, 2.75) is 19.4 Å². The highest BCUT2D eigenvalue weighted by Crippen LogP contribution is 2.17. The quantitative estimate of drug-likeness (QED) is 0.896. The number of halogens is 1. The predicted molar refractivity (Wildman–Crippen MR) is 95.2 cm³/mol. The van der Waals surface area contributed by atoms with Gasteiger partial charge in [0.15, 0.2) is 0 Å². The van der Waals surface area contributed by atoms with Crippen LogP contribution in [0, 0.1) is 5.82 Å². The Morgan fingerprint density at radius 3 is 2.50 bits per heavy atom. The third-order valence-electron chi connectivity index (χ3n) is 3.96. The van der Waals surface area contributed by atoms with Crippen LogP contribution in [0.4, 0.5) is 10.1 Å². The molecule has 0 bridgehead atoms. The van der Waals surface area contributed by atoms with Gasteiger partial charge in [-0.25, -0.2) is 9.40 Å². The molecule has 1 heterocycles. The van der Waals surface area contributed by atoms with Crippen LogP contribution >= 0.6 is 0 Å². The van der Waals surface area contributed by atoms with Crippen molar-refractivity contribution in [1.82, 2.24) is 5.01 Å². The molecule has 0 saturated heterocycles. The molecular weight excluding hydrogens is 337 g/mol. The van der Waals surface area contributed by atoms with Crippen molar-refractivity contribution in [2.75, 3.05) is 12.4 Å². The third kappa shape index (κ3) is 4.24. The van der Waals surface area contributed by atoms with Crippen LogP contribution in [-0.2, 0) is 16.1 Å². The van der Waals surface area contributed by atoms with Crippen molar-refractivity contribution >= 4 is 23.2 Å². The predicted octanol–water partition coefficient (Wildman–Crippen LogP) is 2.95. The molecule has 0 saturated carbocycles. The number of benzene rings is 2. The average molecular weight is 355 g/mol. The molecule has 26 heavy (non-hydrogen) atoms. The molecule has 0 aliphatic carbocycles. The number of ether oxygens (including phenoxy) is 1. The van der Waals surface area contributed by atoms with Gasteiger partial charge in [-0.3, -0.25) is 9.59 Å². The zero-order chi connectivity index (χ0) is 18.5. The summed E-state index contributed by atoms with van der Waals surface area (Å²) in [5.41, 5.74) is 1.63. The lowest BCUT2D eigenvalue weighted by atomic mass is 10.1. The summed E-state index contributed by atoms with van der Waals surface area (Å²) in [7, 11) is 1.57. The largest absolute Gasteiger partial charge is 0.497 e. The maximum atomic E-state index is 13.0. The number of rotatable bonds is 5. The van der Waals surface area contributed by atoms with E-state index in [1.165, 1.54) is 17.1 Å². The molecule has 0 aromatic heterocycles. The Hall–Kier alpha value is -3.22. The number of nitrogens with one attached hydrogen (secondary N) is 1. The van der Waals surface area contributed by atoms with E-state index in [0.29, 0.717) is 11.4 Å². The number of hydrogen-bond acceptors (Lipinski definition) is 4. The van der Waals surface area contributed by atoms with E-state index in [2.05, 4.69) is 10.4 Å². The third-order valence-corrected chi connectivity index (χ3v) is 3.96. The van der Waals surface area contributed by atoms with Gasteiger partial charge in [0.2, 0.25) is 5.91 Å². The SMILES string of the molecule is COc1ccc(NC(=O)C2=NN(Cc3ccc(F)cc3)C(=O)CC2)cc1. The maximum absolute atomic E-state index is 13.0. The Kier molecular flexibility index (Phi) is 5.26. The van der Waals surface area contributed by atoms with Crippen LogP contribution in [0.1, 0.15) is 18.4 Å². The van der Waals surface area contributed by atoms with Crippen LogP contribution in [0.15, 0.2) is 53.6 Å². The minimum atomic E-state index is -0.355. The molecule has 2 aromatic rings. The van der Waals surface area contributed by atoms with Crippen molar-refractivity contribution in [1.29, 1.82) is 0 Å². The van der Waals surface area contributed by atoms with E-state index in [0.717, 1.165) is 5.56 Å². The number of methoxy groups -OCH3 is 1. The van der Waals surface area contributed by atoms with Gasteiger partial charge in [-0.2, -0.15) is 5.10 Å². The molecule has 1 N–H and O–H groups in total. The fraction of sp³-hybridized carbons (Fsp3) is 0.211. The number of anilines is 1. The molecule has 0 unspecified atom stereocenters. The summed E-state index contributed by atoms with van der Waals surface area (Å²) >= 11 is 0. The number of hydrogen-bond donors (Lipinski definition) is 1. The smallest absolute Gasteiger partial charge is 0.271 e. The highest BCUT2D eigenvalue weighted by molar-refractivity contribution is 6.43. The summed E-state index contributed by atoms with van der Waals surface area (Å²) in [5.74, 6) is -0.182. The van der Waals surface area contributed by atoms with Crippen molar-refractivity contribution in [3.8, 4) is 5.75 Å². The second kappa shape index (κ2) is 7.77. The van der Waals surface area contributed by atoms with Crippen LogP contribution in [0.25, 0.3) is 0 Å². The molecule has 0 fully saturated rings. The van der Waals surface area contributed by atoms with E-state index >= 15 is 0 Å². The van der Waals surface area contributed by atoms with Gasteiger partial charge < -0.3 is 10.1 Å². The second-order valence-corrected chi connectivity index (χ2v) is 5.81. The lowest BCUT2D eigenvalue weighted by Crippen LogP contribution is -2.36. The van der Waals surface area contributed by atoms with Gasteiger partial charge in [0.05, 0.1) is 13.7 Å². The van der Waals surface area contributed by atoms with Crippen LogP contribution in [0.3, 0.4) is 0 Å². The van der Waals surface area contributed by atoms with Gasteiger partial charge in [0.1, 0.15) is 17.3 Å². The van der Waals surface area contributed by atoms with E-state index in [1.54, 1.807) is 43.5 Å². The number of nitrogens with zero attached hydrogens (tertiary/aromatic N) is 2. The van der Waals surface area contributed by atoms with Crippen LogP contribution in [-0.4, -0.2) is 29.6 Å². The average Bonchev–Trinajstić information content (AvgIpc) is 2.66. The Morgan fingerprint density at radius 1 is 1.15 bits per heavy atom. The number of carbonyl (C=O) groups is 2. The lowest BCUT2D eigenvalue weighted by molar-refractivity contribution is -0.132. The molecule has 0 spiro atoms. The first kappa shape index (κ1) is 17.6. The fourth-order valence-electron chi connectivity index (χ4n) is 2.53. The van der Waals surface area contributed by atoms with Crippen LogP contribution in [0.5, 0.6) is 5.75 Å². The van der Waals surface area contributed by atoms with Crippen molar-refractivity contribution in [2.24, 2.45) is 5.10 Å². The van der Waals surface area contributed by atoms with Crippen LogP contribution in [0.2, 0.25) is 0 Å². The molecule has 134 valence electrons. The highest BCUT2D eigenvalue weighted by atomic mass is 19.1. The second-order valence-electron chi connectivity index (χ2n) is 5.81. The number of hydrazone groups is 1. The Morgan fingerprint density at radius 2 is 1.85 bits per heavy atom. The monoisotopic (exact) mass is 355 g/mol. The molecular formula is C19H18FN3O3. The van der Waals surface area contributed by atoms with Gasteiger partial charge in [-0.15, -0.1) is 0 Å². The molecule has 1 aliphatic heterocycles. The van der Waals surface area contributed by atoms with Crippen molar-refractivity contribution in [3.63, 3.8) is 0 Å². The lowest BCUT2D eigenvalue weighted by Gasteiger charge is -2.23. The summed E-state index contributed by atoms with van der Waals surface area (Å²) < 4.78 is 18.1. The summed E-state index contributed by atoms with van der Waals surface area (Å²) in [6.07, 6.45) is 0.483. The summed E-state index contributed by atoms with van der Waals surface area (Å²) in [4.78, 5) is 24.5. The Balaban J connectivity index is 1.70. The van der Waals surface area contributed by atoms with Gasteiger partial charge in [0, 0.05) is 18.5 Å². The maximum Gasteiger partial charge on any atom is 0.271 e. The zero-order valence-electron chi connectivity index (χ0n) is 14.2. The minimum absolute atomic E-state index is 0.171. The van der Waals surface area contributed by atoms with Crippen molar-refractivity contribution < 1.29 is 18.7 Å². The van der Waals surface area contributed by atoms with E-state index in [-0.39, 0.29) is 42.7 Å². The zero-order valence-corrected chi connectivity index (χ0v) is 14.2. The first-order chi connectivity index (χ1) is 12.5. The van der Waals surface area contributed by atoms with Gasteiger partial charge in [-0.05, 0) is 42.0 Å². The minimum Gasteiger partial charge on any atom is -0.497 e. The Labute approximate surface area is 150 Å². The standard InChI is InChI=1S/C19H18FN3O3/c1-26-16-8-6-15(7-9-16)21-19(25)17-10-11-18(24)23(22-17)12-13-2-4-14(20)5-3-13/h2-9H,10-12H2,1H3,(H,21,25). The fourth-order valence-corrected chi connectivity index (χ4v) is 2.53. The summed E-state index contributed by atoms with van der Waals surface area (Å²) in [6, 6.07) is 12.7. The molecule has 0 radical (unpaired) electrons. The van der Waals surface area contributed by atoms with Gasteiger partial charge in [0.25, 0.3) is 5.91 Å². The molecule has 2 amide bonds.